The van der Waals surface area contributed by atoms with Gasteiger partial charge in [-0.05, 0) is 13.3 Å². The van der Waals surface area contributed by atoms with Crippen LogP contribution in [0.2, 0.25) is 0 Å². The lowest BCUT2D eigenvalue weighted by atomic mass is 9.81. The van der Waals surface area contributed by atoms with Crippen LogP contribution in [0, 0.1) is 5.41 Å². The lowest BCUT2D eigenvalue weighted by Gasteiger charge is -2.47. The van der Waals surface area contributed by atoms with Crippen LogP contribution in [0.3, 0.4) is 0 Å². The van der Waals surface area contributed by atoms with E-state index in [0.29, 0.717) is 32.4 Å². The summed E-state index contributed by atoms with van der Waals surface area (Å²) in [5.74, 6) is -0.885. The first-order valence-electron chi connectivity index (χ1n) is 8.93. The molecule has 0 saturated carbocycles. The summed E-state index contributed by atoms with van der Waals surface area (Å²) in [6, 6.07) is 9.26. The fraction of sp³-hybridized carbons (Fsp3) is 0.550. The third-order valence-electron chi connectivity index (χ3n) is 6.02. The van der Waals surface area contributed by atoms with Crippen molar-refractivity contribution in [2.24, 2.45) is 5.41 Å². The highest BCUT2D eigenvalue weighted by Gasteiger charge is 2.62. The number of amides is 1. The van der Waals surface area contributed by atoms with Crippen LogP contribution in [-0.4, -0.2) is 34.4 Å². The zero-order valence-corrected chi connectivity index (χ0v) is 16.3. The van der Waals surface area contributed by atoms with Crippen LogP contribution in [-0.2, 0) is 32.6 Å². The third-order valence-corrected chi connectivity index (χ3v) is 6.36. The number of carbonyl (C=O) groups is 3. The molecule has 136 valence electrons. The lowest BCUT2D eigenvalue weighted by molar-refractivity contribution is -0.884. The molecule has 0 spiro atoms. The molecule has 2 unspecified atom stereocenters. The number of hydrogen-bond donors (Lipinski definition) is 0. The fourth-order valence-corrected chi connectivity index (χ4v) is 4.40. The predicted octanol–water partition coefficient (Wildman–Crippen LogP) is 3.12. The first-order valence-corrected chi connectivity index (χ1v) is 9.34. The molecule has 0 bridgehead atoms. The van der Waals surface area contributed by atoms with Gasteiger partial charge in [-0.3, -0.25) is 4.79 Å². The molecule has 1 saturated heterocycles. The van der Waals surface area contributed by atoms with E-state index in [1.807, 2.05) is 44.2 Å². The van der Waals surface area contributed by atoms with Crippen molar-refractivity contribution in [1.29, 1.82) is 0 Å². The van der Waals surface area contributed by atoms with E-state index < -0.39 is 27.8 Å². The molecule has 2 atom stereocenters. The summed E-state index contributed by atoms with van der Waals surface area (Å²) in [6.07, 6.45) is 1.76. The Morgan fingerprint density at radius 1 is 1.16 bits per heavy atom. The highest BCUT2D eigenvalue weighted by Crippen LogP contribution is 2.47. The molecule has 1 heterocycles. The number of ketones is 1. The highest BCUT2D eigenvalue weighted by molar-refractivity contribution is 7.77. The van der Waals surface area contributed by atoms with Crippen molar-refractivity contribution in [1.82, 2.24) is 0 Å². The quantitative estimate of drug-likeness (QED) is 0.444. The summed E-state index contributed by atoms with van der Waals surface area (Å²) in [6.45, 7) is 8.18. The van der Waals surface area contributed by atoms with Crippen LogP contribution in [0.5, 0.6) is 0 Å². The molecule has 0 N–H and O–H groups in total. The summed E-state index contributed by atoms with van der Waals surface area (Å²) >= 11 is 5.16. The van der Waals surface area contributed by atoms with E-state index in [1.54, 1.807) is 13.8 Å². The van der Waals surface area contributed by atoms with Gasteiger partial charge in [0.25, 0.3) is 5.78 Å². The standard InChI is InChI=1S/C20H27NO3S/c1-5-19(3,4)16(22)17(23)21(6-2)14-10-13-20(21,18(24)25)15-11-8-7-9-12-15/h7-9,11-12H,5-6,10,13-14H2,1-4H3. The average Bonchev–Trinajstić information content (AvgIpc) is 3.02. The third kappa shape index (κ3) is 2.83. The van der Waals surface area contributed by atoms with E-state index in [-0.39, 0.29) is 4.48 Å². The Morgan fingerprint density at radius 3 is 2.24 bits per heavy atom. The first kappa shape index (κ1) is 19.7. The number of likely N-dealkylation sites (N-methyl/N-ethyl adjacent to an activating group) is 1. The number of Topliss-reactive ketones (excluding diaryl/α,β-unsaturated/α-hetero) is 1. The van der Waals surface area contributed by atoms with Crippen LogP contribution in [0.15, 0.2) is 30.3 Å². The second-order valence-electron chi connectivity index (χ2n) is 7.50. The van der Waals surface area contributed by atoms with Crippen molar-refractivity contribution in [3.63, 3.8) is 0 Å². The minimum atomic E-state index is -1.14. The highest BCUT2D eigenvalue weighted by atomic mass is 32.1. The molecule has 5 heteroatoms. The Hall–Kier alpha value is -1.59. The van der Waals surface area contributed by atoms with Gasteiger partial charge in [0.15, 0.2) is 5.54 Å². The van der Waals surface area contributed by atoms with Crippen molar-refractivity contribution in [3.8, 4) is 0 Å². The Balaban J connectivity index is 2.67. The van der Waals surface area contributed by atoms with Gasteiger partial charge in [-0.2, -0.15) is 0 Å². The average molecular weight is 362 g/mol. The van der Waals surface area contributed by atoms with Crippen LogP contribution < -0.4 is 0 Å². The fourth-order valence-electron chi connectivity index (χ4n) is 4.00. The van der Waals surface area contributed by atoms with Crippen molar-refractivity contribution >= 4 is 29.4 Å². The molecule has 4 nitrogen and oxygen atoms in total. The van der Waals surface area contributed by atoms with Crippen LogP contribution in [0.4, 0.5) is 0 Å². The number of quaternary nitrogens is 1. The Kier molecular flexibility index (Phi) is 5.50. The molecule has 2 rings (SSSR count). The van der Waals surface area contributed by atoms with Gasteiger partial charge in [-0.1, -0.05) is 51.1 Å². The molecule has 1 amide bonds. The van der Waals surface area contributed by atoms with Gasteiger partial charge in [-0.15, -0.1) is 0 Å². The summed E-state index contributed by atoms with van der Waals surface area (Å²) in [7, 11) is 0. The van der Waals surface area contributed by atoms with Crippen molar-refractivity contribution < 1.29 is 18.9 Å². The Labute approximate surface area is 155 Å². The summed E-state index contributed by atoms with van der Waals surface area (Å²) in [4.78, 5) is 39.1. The minimum absolute atomic E-state index is 0.179. The van der Waals surface area contributed by atoms with E-state index in [2.05, 4.69) is 0 Å². The number of rotatable bonds is 6. The molecule has 0 radical (unpaired) electrons. The summed E-state index contributed by atoms with van der Waals surface area (Å²) in [5, 5.41) is -0.450. The maximum absolute atomic E-state index is 13.4. The van der Waals surface area contributed by atoms with E-state index in [4.69, 9.17) is 12.6 Å². The predicted molar refractivity (Wildman–Crippen MR) is 99.5 cm³/mol. The molecule has 0 aromatic heterocycles. The van der Waals surface area contributed by atoms with Crippen LogP contribution in [0.1, 0.15) is 52.5 Å². The zero-order valence-electron chi connectivity index (χ0n) is 15.5. The van der Waals surface area contributed by atoms with Gasteiger partial charge >= 0.3 is 5.91 Å². The molecule has 0 aliphatic carbocycles. The maximum Gasteiger partial charge on any atom is 0.383 e. The van der Waals surface area contributed by atoms with Gasteiger partial charge in [0, 0.05) is 23.8 Å². The monoisotopic (exact) mass is 361 g/mol. The molecule has 1 aromatic rings. The van der Waals surface area contributed by atoms with Gasteiger partial charge in [0.1, 0.15) is 0 Å². The number of likely N-dealkylation sites (tertiary alicyclic amines) is 1. The molecule has 1 aliphatic rings. The Morgan fingerprint density at radius 2 is 1.76 bits per heavy atom. The van der Waals surface area contributed by atoms with Crippen molar-refractivity contribution in [2.45, 2.75) is 52.5 Å². The number of hydrogen-bond acceptors (Lipinski definition) is 4. The molecular formula is C20H27NO3S. The van der Waals surface area contributed by atoms with E-state index in [1.165, 1.54) is 0 Å². The van der Waals surface area contributed by atoms with Crippen molar-refractivity contribution in [2.75, 3.05) is 13.1 Å². The Bertz CT molecular complexity index is 685. The van der Waals surface area contributed by atoms with Gasteiger partial charge < -0.3 is 17.4 Å². The van der Waals surface area contributed by atoms with E-state index >= 15 is 0 Å². The van der Waals surface area contributed by atoms with E-state index in [9.17, 15) is 14.4 Å². The summed E-state index contributed by atoms with van der Waals surface area (Å²) < 4.78 is -0.179. The van der Waals surface area contributed by atoms with E-state index in [0.717, 1.165) is 5.56 Å². The molecule has 1 aromatic carbocycles. The van der Waals surface area contributed by atoms with Gasteiger partial charge in [0.2, 0.25) is 0 Å². The number of nitrogens with zero attached hydrogens (tertiary/aromatic N) is 1. The topological polar surface area (TPSA) is 51.2 Å². The minimum Gasteiger partial charge on any atom is -0.735 e. The second kappa shape index (κ2) is 6.96. The largest absolute Gasteiger partial charge is 0.735 e. The lowest BCUT2D eigenvalue weighted by Crippen LogP contribution is -2.67. The number of carbonyl (C=O) groups excluding carboxylic acids is 3. The molecule has 25 heavy (non-hydrogen) atoms. The van der Waals surface area contributed by atoms with Crippen LogP contribution in [0.25, 0.3) is 0 Å². The number of benzene rings is 1. The first-order chi connectivity index (χ1) is 11.7. The van der Waals surface area contributed by atoms with Gasteiger partial charge in [-0.25, -0.2) is 9.28 Å². The molecular weight excluding hydrogens is 334 g/mol. The normalized spacial score (nSPS) is 26.4. The summed E-state index contributed by atoms with van der Waals surface area (Å²) in [5.41, 5.74) is -1.14. The zero-order chi connectivity index (χ0) is 18.9. The SMILES string of the molecule is CCC(C)(C)C(=O)C(=O)[N+]1(CC)CCCC1(C(=O)[S-])c1ccccc1. The van der Waals surface area contributed by atoms with Crippen molar-refractivity contribution in [3.05, 3.63) is 35.9 Å². The smallest absolute Gasteiger partial charge is 0.383 e. The van der Waals surface area contributed by atoms with Gasteiger partial charge in [0.05, 0.1) is 18.2 Å². The molecule has 1 aliphatic heterocycles. The second-order valence-corrected chi connectivity index (χ2v) is 7.87. The molecule has 1 fully saturated rings. The van der Waals surface area contributed by atoms with Crippen LogP contribution >= 0.6 is 0 Å². The maximum atomic E-state index is 13.4.